The largest absolute Gasteiger partial charge is 0.449 e. The van der Waals surface area contributed by atoms with Crippen molar-refractivity contribution in [1.29, 1.82) is 0 Å². The van der Waals surface area contributed by atoms with Crippen LogP contribution in [0.2, 0.25) is 0 Å². The molecule has 0 saturated carbocycles. The molecule has 7 nitrogen and oxygen atoms in total. The van der Waals surface area contributed by atoms with Crippen molar-refractivity contribution >= 4 is 26.7 Å². The average Bonchev–Trinajstić information content (AvgIpc) is 3.36. The smallest absolute Gasteiger partial charge is 0.287 e. The van der Waals surface area contributed by atoms with Crippen LogP contribution in [0.3, 0.4) is 0 Å². The molecule has 1 amide bonds. The minimum atomic E-state index is -3.38. The van der Waals surface area contributed by atoms with Crippen molar-refractivity contribution in [1.82, 2.24) is 10.3 Å². The first kappa shape index (κ1) is 17.7. The molecule has 27 heavy (non-hydrogen) atoms. The Balaban J connectivity index is 1.42. The van der Waals surface area contributed by atoms with Gasteiger partial charge in [0.15, 0.2) is 21.2 Å². The van der Waals surface area contributed by atoms with Gasteiger partial charge in [0, 0.05) is 24.7 Å². The fraction of sp³-hybridized carbons (Fsp3) is 0.263. The molecule has 1 aliphatic rings. The van der Waals surface area contributed by atoms with Gasteiger partial charge in [0.1, 0.15) is 0 Å². The van der Waals surface area contributed by atoms with Crippen molar-refractivity contribution in [3.8, 4) is 0 Å². The lowest BCUT2D eigenvalue weighted by molar-refractivity contribution is 0.0925. The number of nitrogens with one attached hydrogen (secondary N) is 1. The third-order valence-corrected chi connectivity index (χ3v) is 6.76. The number of pyridine rings is 1. The van der Waals surface area contributed by atoms with Crippen molar-refractivity contribution < 1.29 is 22.4 Å². The molecule has 1 N–H and O–H groups in total. The highest BCUT2D eigenvalue weighted by Gasteiger charge is 2.30. The topological polar surface area (TPSA) is 98.5 Å². The van der Waals surface area contributed by atoms with Gasteiger partial charge in [-0.2, -0.15) is 0 Å². The molecular formula is C19H18N2O5S. The minimum Gasteiger partial charge on any atom is -0.449 e. The number of fused-ring (bicyclic) bond motifs is 1. The summed E-state index contributed by atoms with van der Waals surface area (Å²) >= 11 is 0. The Hall–Kier alpha value is -2.71. The monoisotopic (exact) mass is 386 g/mol. The predicted molar refractivity (Wildman–Crippen MR) is 98.0 cm³/mol. The number of ether oxygens (including phenoxy) is 1. The third-order valence-electron chi connectivity index (χ3n) is 4.58. The molecule has 8 heteroatoms. The van der Waals surface area contributed by atoms with Gasteiger partial charge in [-0.15, -0.1) is 0 Å². The molecule has 4 rings (SSSR count). The van der Waals surface area contributed by atoms with Crippen LogP contribution >= 0.6 is 0 Å². The van der Waals surface area contributed by atoms with Gasteiger partial charge in [-0.1, -0.05) is 12.1 Å². The second-order valence-corrected chi connectivity index (χ2v) is 8.61. The van der Waals surface area contributed by atoms with Crippen LogP contribution in [-0.4, -0.2) is 37.8 Å². The van der Waals surface area contributed by atoms with Gasteiger partial charge in [0.2, 0.25) is 0 Å². The number of hydrogen-bond acceptors (Lipinski definition) is 6. The molecule has 0 radical (unpaired) electrons. The fourth-order valence-corrected chi connectivity index (χ4v) is 4.60. The van der Waals surface area contributed by atoms with E-state index < -0.39 is 15.1 Å². The van der Waals surface area contributed by atoms with Crippen LogP contribution in [0.25, 0.3) is 11.0 Å². The van der Waals surface area contributed by atoms with Crippen molar-refractivity contribution in [2.24, 2.45) is 0 Å². The maximum absolute atomic E-state index is 12.5. The van der Waals surface area contributed by atoms with E-state index in [-0.39, 0.29) is 29.7 Å². The summed E-state index contributed by atoms with van der Waals surface area (Å²) in [4.78, 5) is 16.5. The van der Waals surface area contributed by atoms with E-state index in [2.05, 4.69) is 10.3 Å². The van der Waals surface area contributed by atoms with Crippen LogP contribution in [0.5, 0.6) is 0 Å². The second-order valence-electron chi connectivity index (χ2n) is 6.38. The van der Waals surface area contributed by atoms with E-state index in [0.29, 0.717) is 18.6 Å². The van der Waals surface area contributed by atoms with Gasteiger partial charge in [-0.3, -0.25) is 9.78 Å². The van der Waals surface area contributed by atoms with Crippen LogP contribution < -0.4 is 5.32 Å². The highest BCUT2D eigenvalue weighted by Crippen LogP contribution is 2.23. The van der Waals surface area contributed by atoms with Crippen LogP contribution in [0.1, 0.15) is 22.5 Å². The zero-order valence-corrected chi connectivity index (χ0v) is 15.2. The highest BCUT2D eigenvalue weighted by atomic mass is 32.2. The van der Waals surface area contributed by atoms with Crippen LogP contribution in [0, 0.1) is 0 Å². The van der Waals surface area contributed by atoms with Gasteiger partial charge in [-0.05, 0) is 36.2 Å². The van der Waals surface area contributed by atoms with Gasteiger partial charge in [0.05, 0.1) is 22.9 Å². The summed E-state index contributed by atoms with van der Waals surface area (Å²) in [6, 6.07) is 9.97. The Bertz CT molecular complexity index is 1030. The molecule has 1 saturated heterocycles. The molecule has 1 aliphatic heterocycles. The van der Waals surface area contributed by atoms with Gasteiger partial charge in [-0.25, -0.2) is 8.42 Å². The summed E-state index contributed by atoms with van der Waals surface area (Å²) in [5, 5.41) is 3.09. The van der Waals surface area contributed by atoms with E-state index in [1.54, 1.807) is 48.8 Å². The normalized spacial score (nSPS) is 17.3. The van der Waals surface area contributed by atoms with Crippen molar-refractivity contribution in [3.63, 3.8) is 0 Å². The number of benzene rings is 1. The van der Waals surface area contributed by atoms with Crippen molar-refractivity contribution in [2.75, 3.05) is 13.2 Å². The number of hydrogen-bond donors (Lipinski definition) is 1. The van der Waals surface area contributed by atoms with Crippen molar-refractivity contribution in [3.05, 3.63) is 60.1 Å². The second kappa shape index (κ2) is 7.13. The minimum absolute atomic E-state index is 0.207. The molecule has 0 spiro atoms. The fourth-order valence-electron chi connectivity index (χ4n) is 3.01. The molecule has 140 valence electrons. The Morgan fingerprint density at radius 1 is 1.22 bits per heavy atom. The van der Waals surface area contributed by atoms with E-state index in [1.165, 1.54) is 0 Å². The Morgan fingerprint density at radius 3 is 2.74 bits per heavy atom. The standard InChI is InChI=1S/C19H18N2O5S/c22-19(17-9-14-5-7-20-11-18(14)26-17)21-10-13-1-3-15(4-2-13)27(23,24)16-6-8-25-12-16/h1-5,7,9,11,16H,6,8,10,12H2,(H,21,22)/t16-/m0/s1. The maximum Gasteiger partial charge on any atom is 0.287 e. The average molecular weight is 386 g/mol. The van der Waals surface area contributed by atoms with E-state index >= 15 is 0 Å². The predicted octanol–water partition coefficient (Wildman–Crippen LogP) is 2.32. The molecule has 3 heterocycles. The van der Waals surface area contributed by atoms with Crippen LogP contribution in [0.4, 0.5) is 0 Å². The van der Waals surface area contributed by atoms with Crippen molar-refractivity contribution in [2.45, 2.75) is 23.1 Å². The first-order chi connectivity index (χ1) is 13.0. The lowest BCUT2D eigenvalue weighted by Gasteiger charge is -2.10. The van der Waals surface area contributed by atoms with E-state index in [1.807, 2.05) is 0 Å². The summed E-state index contributed by atoms with van der Waals surface area (Å²) in [7, 11) is -3.38. The molecule has 3 aromatic rings. The molecule has 1 fully saturated rings. The molecule has 1 aromatic carbocycles. The number of sulfone groups is 1. The number of furan rings is 1. The van der Waals surface area contributed by atoms with Crippen LogP contribution in [-0.2, 0) is 21.1 Å². The molecule has 0 bridgehead atoms. The number of amides is 1. The van der Waals surface area contributed by atoms with Gasteiger partial charge in [0.25, 0.3) is 5.91 Å². The molecule has 1 atom stereocenters. The number of aromatic nitrogens is 1. The number of nitrogens with zero attached hydrogens (tertiary/aromatic N) is 1. The molecular weight excluding hydrogens is 368 g/mol. The quantitative estimate of drug-likeness (QED) is 0.723. The summed E-state index contributed by atoms with van der Waals surface area (Å²) in [5.41, 5.74) is 1.34. The number of rotatable bonds is 5. The Labute approximate surface area is 156 Å². The van der Waals surface area contributed by atoms with E-state index in [0.717, 1.165) is 10.9 Å². The van der Waals surface area contributed by atoms with Gasteiger partial charge < -0.3 is 14.5 Å². The summed E-state index contributed by atoms with van der Waals surface area (Å²) in [5.74, 6) is -0.135. The number of carbonyl (C=O) groups excluding carboxylic acids is 1. The summed E-state index contributed by atoms with van der Waals surface area (Å²) in [6.45, 7) is 0.986. The lowest BCUT2D eigenvalue weighted by Crippen LogP contribution is -2.23. The molecule has 2 aromatic heterocycles. The van der Waals surface area contributed by atoms with E-state index in [9.17, 15) is 13.2 Å². The Kier molecular flexibility index (Phi) is 4.67. The summed E-state index contributed by atoms with van der Waals surface area (Å²) < 4.78 is 35.7. The SMILES string of the molecule is O=C(NCc1ccc(S(=O)(=O)[C@H]2CCOC2)cc1)c1cc2ccncc2o1. The lowest BCUT2D eigenvalue weighted by atomic mass is 10.2. The zero-order chi connectivity index (χ0) is 18.9. The Morgan fingerprint density at radius 2 is 2.04 bits per heavy atom. The van der Waals surface area contributed by atoms with Crippen LogP contribution in [0.15, 0.2) is 58.1 Å². The van der Waals surface area contributed by atoms with Gasteiger partial charge >= 0.3 is 0 Å². The third kappa shape index (κ3) is 3.58. The van der Waals surface area contributed by atoms with E-state index in [4.69, 9.17) is 9.15 Å². The first-order valence-corrected chi connectivity index (χ1v) is 10.1. The zero-order valence-electron chi connectivity index (χ0n) is 14.4. The maximum atomic E-state index is 12.5. The summed E-state index contributed by atoms with van der Waals surface area (Å²) in [6.07, 6.45) is 3.71. The first-order valence-electron chi connectivity index (χ1n) is 8.56. The molecule has 0 aliphatic carbocycles. The highest BCUT2D eigenvalue weighted by molar-refractivity contribution is 7.92. The number of carbonyl (C=O) groups is 1. The molecule has 0 unspecified atom stereocenters.